The third-order valence-electron chi connectivity index (χ3n) is 1.90. The molecule has 2 aromatic rings. The molecule has 0 saturated heterocycles. The summed E-state index contributed by atoms with van der Waals surface area (Å²) in [5.74, 6) is 0.276. The van der Waals surface area contributed by atoms with E-state index in [0.717, 1.165) is 11.3 Å². The van der Waals surface area contributed by atoms with E-state index in [-0.39, 0.29) is 5.95 Å². The molecule has 1 heterocycles. The largest absolute Gasteiger partial charge is 0.366 e. The maximum atomic E-state index is 5.41. The molecular formula is C10H10N4. The standard InChI is InChI=1S/C10H10N4/c1-2-8-3-5-9(6-4-8)14-7-12-10(11)13-14/h2-7H,1H2,(H2,11,13). The van der Waals surface area contributed by atoms with Crippen molar-refractivity contribution < 1.29 is 0 Å². The first kappa shape index (κ1) is 8.50. The fraction of sp³-hybridized carbons (Fsp3) is 0. The van der Waals surface area contributed by atoms with E-state index < -0.39 is 0 Å². The summed E-state index contributed by atoms with van der Waals surface area (Å²) in [7, 11) is 0. The van der Waals surface area contributed by atoms with Crippen LogP contribution >= 0.6 is 0 Å². The SMILES string of the molecule is C=Cc1ccc(-n2cnc(N)n2)cc1. The molecule has 4 heteroatoms. The van der Waals surface area contributed by atoms with E-state index in [1.54, 1.807) is 17.1 Å². The lowest BCUT2D eigenvalue weighted by Crippen LogP contribution is -1.95. The first-order chi connectivity index (χ1) is 6.79. The molecule has 0 unspecified atom stereocenters. The number of hydrogen-bond donors (Lipinski definition) is 1. The van der Waals surface area contributed by atoms with Crippen molar-refractivity contribution in [3.8, 4) is 5.69 Å². The lowest BCUT2D eigenvalue weighted by Gasteiger charge is -1.99. The molecule has 4 nitrogen and oxygen atoms in total. The Labute approximate surface area is 81.7 Å². The van der Waals surface area contributed by atoms with Crippen molar-refractivity contribution in [1.82, 2.24) is 14.8 Å². The summed E-state index contributed by atoms with van der Waals surface area (Å²) >= 11 is 0. The number of nitrogens with two attached hydrogens (primary N) is 1. The van der Waals surface area contributed by atoms with Crippen molar-refractivity contribution >= 4 is 12.0 Å². The monoisotopic (exact) mass is 186 g/mol. The van der Waals surface area contributed by atoms with Crippen LogP contribution in [0.1, 0.15) is 5.56 Å². The molecule has 1 aromatic carbocycles. The van der Waals surface area contributed by atoms with Gasteiger partial charge >= 0.3 is 0 Å². The maximum absolute atomic E-state index is 5.41. The topological polar surface area (TPSA) is 56.7 Å². The van der Waals surface area contributed by atoms with Crippen LogP contribution in [-0.4, -0.2) is 14.8 Å². The van der Waals surface area contributed by atoms with E-state index in [1.165, 1.54) is 0 Å². The summed E-state index contributed by atoms with van der Waals surface area (Å²) in [6, 6.07) is 7.79. The van der Waals surface area contributed by atoms with Crippen molar-refractivity contribution in [1.29, 1.82) is 0 Å². The zero-order valence-corrected chi connectivity index (χ0v) is 7.59. The molecule has 2 rings (SSSR count). The summed E-state index contributed by atoms with van der Waals surface area (Å²) in [5, 5.41) is 3.99. The van der Waals surface area contributed by atoms with E-state index in [9.17, 15) is 0 Å². The molecular weight excluding hydrogens is 176 g/mol. The highest BCUT2D eigenvalue weighted by Gasteiger charge is 1.98. The molecule has 0 fully saturated rings. The smallest absolute Gasteiger partial charge is 0.239 e. The Morgan fingerprint density at radius 1 is 1.29 bits per heavy atom. The van der Waals surface area contributed by atoms with Crippen LogP contribution in [-0.2, 0) is 0 Å². The van der Waals surface area contributed by atoms with E-state index in [2.05, 4.69) is 16.7 Å². The second-order valence-corrected chi connectivity index (χ2v) is 2.84. The molecule has 0 aliphatic rings. The Morgan fingerprint density at radius 3 is 2.50 bits per heavy atom. The van der Waals surface area contributed by atoms with Crippen LogP contribution in [0.2, 0.25) is 0 Å². The van der Waals surface area contributed by atoms with Crippen LogP contribution in [0.3, 0.4) is 0 Å². The quantitative estimate of drug-likeness (QED) is 0.773. The average Bonchev–Trinajstić information content (AvgIpc) is 2.65. The van der Waals surface area contributed by atoms with Crippen LogP contribution < -0.4 is 5.73 Å². The highest BCUT2D eigenvalue weighted by atomic mass is 15.4. The molecule has 0 saturated carbocycles. The first-order valence-corrected chi connectivity index (χ1v) is 4.19. The van der Waals surface area contributed by atoms with Gasteiger partial charge in [-0.1, -0.05) is 24.8 Å². The van der Waals surface area contributed by atoms with Gasteiger partial charge in [-0.25, -0.2) is 9.67 Å². The Balaban J connectivity index is 2.38. The zero-order valence-electron chi connectivity index (χ0n) is 7.59. The average molecular weight is 186 g/mol. The third kappa shape index (κ3) is 1.50. The minimum absolute atomic E-state index is 0.276. The molecule has 0 aliphatic carbocycles. The Bertz CT molecular complexity index is 441. The van der Waals surface area contributed by atoms with Gasteiger partial charge < -0.3 is 5.73 Å². The molecule has 2 N–H and O–H groups in total. The van der Waals surface area contributed by atoms with Gasteiger partial charge in [0.1, 0.15) is 6.33 Å². The fourth-order valence-electron chi connectivity index (χ4n) is 1.16. The van der Waals surface area contributed by atoms with Crippen LogP contribution in [0, 0.1) is 0 Å². The van der Waals surface area contributed by atoms with E-state index >= 15 is 0 Å². The number of aromatic nitrogens is 3. The molecule has 0 radical (unpaired) electrons. The minimum Gasteiger partial charge on any atom is -0.366 e. The number of nitrogens with zero attached hydrogens (tertiary/aromatic N) is 3. The Morgan fingerprint density at radius 2 is 2.00 bits per heavy atom. The van der Waals surface area contributed by atoms with Gasteiger partial charge in [0, 0.05) is 0 Å². The van der Waals surface area contributed by atoms with Gasteiger partial charge in [-0.3, -0.25) is 0 Å². The number of anilines is 1. The molecule has 14 heavy (non-hydrogen) atoms. The second kappa shape index (κ2) is 3.33. The highest BCUT2D eigenvalue weighted by molar-refractivity contribution is 5.49. The lowest BCUT2D eigenvalue weighted by atomic mass is 10.2. The van der Waals surface area contributed by atoms with Gasteiger partial charge in [-0.2, -0.15) is 0 Å². The van der Waals surface area contributed by atoms with Gasteiger partial charge in [-0.15, -0.1) is 5.10 Å². The molecule has 1 aromatic heterocycles. The summed E-state index contributed by atoms with van der Waals surface area (Å²) in [5.41, 5.74) is 7.41. The van der Waals surface area contributed by atoms with Gasteiger partial charge in [0.25, 0.3) is 0 Å². The van der Waals surface area contributed by atoms with E-state index in [0.29, 0.717) is 0 Å². The Hall–Kier alpha value is -2.10. The molecule has 0 amide bonds. The van der Waals surface area contributed by atoms with Crippen molar-refractivity contribution in [2.75, 3.05) is 5.73 Å². The molecule has 0 atom stereocenters. The van der Waals surface area contributed by atoms with Crippen molar-refractivity contribution in [2.45, 2.75) is 0 Å². The molecule has 0 aliphatic heterocycles. The molecule has 70 valence electrons. The van der Waals surface area contributed by atoms with Crippen molar-refractivity contribution in [3.05, 3.63) is 42.7 Å². The summed E-state index contributed by atoms with van der Waals surface area (Å²) in [4.78, 5) is 3.85. The maximum Gasteiger partial charge on any atom is 0.239 e. The zero-order chi connectivity index (χ0) is 9.97. The molecule has 0 spiro atoms. The highest BCUT2D eigenvalue weighted by Crippen LogP contribution is 2.09. The number of rotatable bonds is 2. The Kier molecular flexibility index (Phi) is 2.02. The van der Waals surface area contributed by atoms with Crippen LogP contribution in [0.15, 0.2) is 37.2 Å². The minimum atomic E-state index is 0.276. The summed E-state index contributed by atoms with van der Waals surface area (Å²) in [6.07, 6.45) is 3.37. The van der Waals surface area contributed by atoms with Crippen LogP contribution in [0.4, 0.5) is 5.95 Å². The van der Waals surface area contributed by atoms with Gasteiger partial charge in [0.15, 0.2) is 0 Å². The van der Waals surface area contributed by atoms with Crippen molar-refractivity contribution in [2.24, 2.45) is 0 Å². The van der Waals surface area contributed by atoms with Crippen LogP contribution in [0.5, 0.6) is 0 Å². The normalized spacial score (nSPS) is 10.0. The second-order valence-electron chi connectivity index (χ2n) is 2.84. The predicted octanol–water partition coefficient (Wildman–Crippen LogP) is 1.49. The van der Waals surface area contributed by atoms with E-state index in [4.69, 9.17) is 5.73 Å². The van der Waals surface area contributed by atoms with Gasteiger partial charge in [0.2, 0.25) is 5.95 Å². The summed E-state index contributed by atoms with van der Waals surface area (Å²) in [6.45, 7) is 3.68. The molecule has 0 bridgehead atoms. The van der Waals surface area contributed by atoms with E-state index in [1.807, 2.05) is 24.3 Å². The lowest BCUT2D eigenvalue weighted by molar-refractivity contribution is 0.883. The third-order valence-corrected chi connectivity index (χ3v) is 1.90. The summed E-state index contributed by atoms with van der Waals surface area (Å²) < 4.78 is 1.63. The van der Waals surface area contributed by atoms with Gasteiger partial charge in [-0.05, 0) is 17.7 Å². The number of nitrogen functional groups attached to an aromatic ring is 1. The first-order valence-electron chi connectivity index (χ1n) is 4.19. The van der Waals surface area contributed by atoms with Crippen LogP contribution in [0.25, 0.3) is 11.8 Å². The fourth-order valence-corrected chi connectivity index (χ4v) is 1.16. The van der Waals surface area contributed by atoms with Gasteiger partial charge in [0.05, 0.1) is 5.69 Å². The number of benzene rings is 1. The van der Waals surface area contributed by atoms with Crippen molar-refractivity contribution in [3.63, 3.8) is 0 Å². The predicted molar refractivity (Wildman–Crippen MR) is 55.9 cm³/mol. The number of hydrogen-bond acceptors (Lipinski definition) is 3.